The summed E-state index contributed by atoms with van der Waals surface area (Å²) >= 11 is 0. The first-order chi connectivity index (χ1) is 12.2. The summed E-state index contributed by atoms with van der Waals surface area (Å²) in [5.41, 5.74) is 1.39. The summed E-state index contributed by atoms with van der Waals surface area (Å²) < 4.78 is 10.5. The number of carbonyl (C=O) groups is 1. The number of carbonyl (C=O) groups excluding carboxylic acids is 1. The molecule has 3 heterocycles. The maximum atomic E-state index is 12.6. The van der Waals surface area contributed by atoms with Crippen molar-refractivity contribution in [1.82, 2.24) is 19.8 Å². The third-order valence-electron chi connectivity index (χ3n) is 5.09. The minimum Gasteiger partial charge on any atom is -0.383 e. The molecule has 0 aromatic carbocycles. The highest BCUT2D eigenvalue weighted by Gasteiger charge is 2.25. The van der Waals surface area contributed by atoms with Crippen LogP contribution in [0.2, 0.25) is 0 Å². The number of amides is 1. The number of ether oxygens (including phenoxy) is 2. The molecule has 0 saturated carbocycles. The number of likely N-dealkylation sites (tertiary alicyclic amines) is 1. The van der Waals surface area contributed by atoms with Gasteiger partial charge in [0.25, 0.3) is 5.91 Å². The summed E-state index contributed by atoms with van der Waals surface area (Å²) in [6, 6.07) is 0. The monoisotopic (exact) mass is 348 g/mol. The third-order valence-corrected chi connectivity index (χ3v) is 5.09. The Morgan fingerprint density at radius 1 is 1.28 bits per heavy atom. The molecule has 2 saturated heterocycles. The molecule has 2 aliphatic rings. The van der Waals surface area contributed by atoms with Crippen LogP contribution in [-0.2, 0) is 9.47 Å². The Kier molecular flexibility index (Phi) is 6.34. The Balaban J connectivity index is 1.61. The van der Waals surface area contributed by atoms with Gasteiger partial charge in [-0.15, -0.1) is 0 Å². The highest BCUT2D eigenvalue weighted by molar-refractivity contribution is 5.95. The van der Waals surface area contributed by atoms with Gasteiger partial charge in [-0.3, -0.25) is 4.79 Å². The van der Waals surface area contributed by atoms with Gasteiger partial charge in [0.1, 0.15) is 5.82 Å². The summed E-state index contributed by atoms with van der Waals surface area (Å²) in [5, 5.41) is 0. The van der Waals surface area contributed by atoms with Gasteiger partial charge in [0.05, 0.1) is 31.1 Å². The maximum absolute atomic E-state index is 12.6. The standard InChI is InChI=1S/C18H28N4O3/c1-14-16(18(23)22-8-11-25-12-9-22)13-19-17(20-14)15-3-5-21(6-4-15)7-10-24-2/h13,15H,3-12H2,1-2H3. The van der Waals surface area contributed by atoms with Crippen LogP contribution in [0.4, 0.5) is 0 Å². The number of rotatable bonds is 5. The molecule has 2 fully saturated rings. The second kappa shape index (κ2) is 8.69. The zero-order chi connectivity index (χ0) is 17.6. The number of hydrogen-bond donors (Lipinski definition) is 0. The quantitative estimate of drug-likeness (QED) is 0.793. The molecule has 0 aliphatic carbocycles. The van der Waals surface area contributed by atoms with Gasteiger partial charge in [-0.2, -0.15) is 0 Å². The maximum Gasteiger partial charge on any atom is 0.257 e. The minimum absolute atomic E-state index is 0.0155. The van der Waals surface area contributed by atoms with E-state index >= 15 is 0 Å². The predicted octanol–water partition coefficient (Wildman–Crippen LogP) is 1.08. The summed E-state index contributed by atoms with van der Waals surface area (Å²) in [7, 11) is 1.74. The molecule has 0 N–H and O–H groups in total. The van der Waals surface area contributed by atoms with Crippen LogP contribution in [0.25, 0.3) is 0 Å². The largest absolute Gasteiger partial charge is 0.383 e. The van der Waals surface area contributed by atoms with E-state index in [0.717, 1.165) is 50.6 Å². The first-order valence-electron chi connectivity index (χ1n) is 9.11. The molecular formula is C18H28N4O3. The lowest BCUT2D eigenvalue weighted by atomic mass is 9.95. The van der Waals surface area contributed by atoms with E-state index in [1.807, 2.05) is 11.8 Å². The van der Waals surface area contributed by atoms with Crippen LogP contribution < -0.4 is 0 Å². The number of nitrogens with zero attached hydrogens (tertiary/aromatic N) is 4. The highest BCUT2D eigenvalue weighted by atomic mass is 16.5. The van der Waals surface area contributed by atoms with Gasteiger partial charge in [0.15, 0.2) is 0 Å². The van der Waals surface area contributed by atoms with E-state index in [9.17, 15) is 4.79 Å². The first-order valence-corrected chi connectivity index (χ1v) is 9.11. The Morgan fingerprint density at radius 3 is 2.64 bits per heavy atom. The molecule has 0 bridgehead atoms. The zero-order valence-electron chi connectivity index (χ0n) is 15.2. The van der Waals surface area contributed by atoms with Gasteiger partial charge in [0, 0.05) is 38.9 Å². The molecule has 25 heavy (non-hydrogen) atoms. The predicted molar refractivity (Wildman–Crippen MR) is 93.8 cm³/mol. The molecule has 0 atom stereocenters. The van der Waals surface area contributed by atoms with Crippen LogP contribution in [-0.4, -0.2) is 85.3 Å². The molecule has 1 aromatic heterocycles. The lowest BCUT2D eigenvalue weighted by Gasteiger charge is -2.31. The number of morpholine rings is 1. The van der Waals surface area contributed by atoms with E-state index in [-0.39, 0.29) is 5.91 Å². The molecule has 1 aromatic rings. The van der Waals surface area contributed by atoms with Crippen molar-refractivity contribution >= 4 is 5.91 Å². The Bertz CT molecular complexity index is 582. The van der Waals surface area contributed by atoms with Crippen molar-refractivity contribution in [2.45, 2.75) is 25.7 Å². The van der Waals surface area contributed by atoms with Gasteiger partial charge in [-0.25, -0.2) is 9.97 Å². The smallest absolute Gasteiger partial charge is 0.257 e. The zero-order valence-corrected chi connectivity index (χ0v) is 15.2. The SMILES string of the molecule is COCCN1CCC(c2ncc(C(=O)N3CCOCC3)c(C)n2)CC1. The van der Waals surface area contributed by atoms with Crippen LogP contribution in [0.15, 0.2) is 6.20 Å². The third kappa shape index (κ3) is 4.54. The number of piperidine rings is 1. The van der Waals surface area contributed by atoms with Crippen molar-refractivity contribution in [3.63, 3.8) is 0 Å². The second-order valence-corrected chi connectivity index (χ2v) is 6.74. The summed E-state index contributed by atoms with van der Waals surface area (Å²) in [4.78, 5) is 26.1. The molecule has 138 valence electrons. The topological polar surface area (TPSA) is 67.8 Å². The van der Waals surface area contributed by atoms with E-state index in [1.54, 1.807) is 13.3 Å². The highest BCUT2D eigenvalue weighted by Crippen LogP contribution is 2.26. The van der Waals surface area contributed by atoms with Gasteiger partial charge in [0.2, 0.25) is 0 Å². The Labute approximate surface area is 149 Å². The molecule has 0 radical (unpaired) electrons. The van der Waals surface area contributed by atoms with Crippen molar-refractivity contribution in [3.8, 4) is 0 Å². The lowest BCUT2D eigenvalue weighted by Crippen LogP contribution is -2.41. The Hall–Kier alpha value is -1.57. The molecule has 0 spiro atoms. The van der Waals surface area contributed by atoms with Crippen LogP contribution in [0.1, 0.15) is 40.6 Å². The van der Waals surface area contributed by atoms with Crippen molar-refractivity contribution < 1.29 is 14.3 Å². The van der Waals surface area contributed by atoms with Gasteiger partial charge in [-0.05, 0) is 32.9 Å². The molecule has 0 unspecified atom stereocenters. The van der Waals surface area contributed by atoms with E-state index in [1.165, 1.54) is 0 Å². The van der Waals surface area contributed by atoms with Gasteiger partial charge < -0.3 is 19.3 Å². The van der Waals surface area contributed by atoms with E-state index in [4.69, 9.17) is 9.47 Å². The molecular weight excluding hydrogens is 320 g/mol. The van der Waals surface area contributed by atoms with Crippen LogP contribution in [0.5, 0.6) is 0 Å². The molecule has 1 amide bonds. The molecule has 3 rings (SSSR count). The molecule has 2 aliphatic heterocycles. The van der Waals surface area contributed by atoms with Crippen LogP contribution in [0.3, 0.4) is 0 Å². The van der Waals surface area contributed by atoms with E-state index in [0.29, 0.717) is 37.8 Å². The molecule has 7 nitrogen and oxygen atoms in total. The average Bonchev–Trinajstić information content (AvgIpc) is 2.67. The fourth-order valence-corrected chi connectivity index (χ4v) is 3.46. The minimum atomic E-state index is 0.0155. The summed E-state index contributed by atoms with van der Waals surface area (Å²) in [5.74, 6) is 1.27. The van der Waals surface area contributed by atoms with Crippen LogP contribution in [0, 0.1) is 6.92 Å². The lowest BCUT2D eigenvalue weighted by molar-refractivity contribution is 0.0301. The van der Waals surface area contributed by atoms with Gasteiger partial charge >= 0.3 is 0 Å². The summed E-state index contributed by atoms with van der Waals surface area (Å²) in [6.45, 7) is 8.24. The number of methoxy groups -OCH3 is 1. The first kappa shape index (κ1) is 18.2. The fourth-order valence-electron chi connectivity index (χ4n) is 3.46. The fraction of sp³-hybridized carbons (Fsp3) is 0.722. The normalized spacial score (nSPS) is 20.0. The number of aromatic nitrogens is 2. The van der Waals surface area contributed by atoms with Crippen molar-refractivity contribution in [3.05, 3.63) is 23.3 Å². The van der Waals surface area contributed by atoms with Crippen molar-refractivity contribution in [2.24, 2.45) is 0 Å². The van der Waals surface area contributed by atoms with Crippen molar-refractivity contribution in [2.75, 3.05) is 59.7 Å². The van der Waals surface area contributed by atoms with E-state index < -0.39 is 0 Å². The van der Waals surface area contributed by atoms with E-state index in [2.05, 4.69) is 14.9 Å². The van der Waals surface area contributed by atoms with Crippen molar-refractivity contribution in [1.29, 1.82) is 0 Å². The second-order valence-electron chi connectivity index (χ2n) is 6.74. The number of hydrogen-bond acceptors (Lipinski definition) is 6. The molecule has 7 heteroatoms. The van der Waals surface area contributed by atoms with Gasteiger partial charge in [-0.1, -0.05) is 0 Å². The number of aryl methyl sites for hydroxylation is 1. The average molecular weight is 348 g/mol. The summed E-state index contributed by atoms with van der Waals surface area (Å²) in [6.07, 6.45) is 3.83. The van der Waals surface area contributed by atoms with Crippen LogP contribution >= 0.6 is 0 Å². The Morgan fingerprint density at radius 2 is 2.00 bits per heavy atom.